The molecule has 158 valence electrons. The minimum atomic E-state index is -4.35. The summed E-state index contributed by atoms with van der Waals surface area (Å²) in [7, 11) is 0. The van der Waals surface area contributed by atoms with Crippen LogP contribution < -0.4 is 0 Å². The third-order valence-electron chi connectivity index (χ3n) is 5.23. The van der Waals surface area contributed by atoms with E-state index in [9.17, 15) is 18.0 Å². The molecule has 0 spiro atoms. The molecule has 0 bridgehead atoms. The van der Waals surface area contributed by atoms with Crippen molar-refractivity contribution in [3.05, 3.63) is 94.1 Å². The number of aryl methyl sites for hydroxylation is 2. The maximum Gasteiger partial charge on any atom is 0.416 e. The third-order valence-corrected chi connectivity index (χ3v) is 5.23. The van der Waals surface area contributed by atoms with Gasteiger partial charge in [-0.15, -0.1) is 0 Å². The van der Waals surface area contributed by atoms with Crippen molar-refractivity contribution < 1.29 is 18.0 Å². The fraction of sp³-hybridized carbons (Fsp3) is 0.250. The largest absolute Gasteiger partial charge is 0.416 e. The number of fused-ring (bicyclic) bond motifs is 1. The van der Waals surface area contributed by atoms with E-state index in [4.69, 9.17) is 0 Å². The normalized spacial score (nSPS) is 13.1. The highest BCUT2D eigenvalue weighted by atomic mass is 19.4. The zero-order chi connectivity index (χ0) is 22.0. The Labute approximate surface area is 177 Å². The van der Waals surface area contributed by atoms with Gasteiger partial charge in [-0.1, -0.05) is 12.1 Å². The zero-order valence-corrected chi connectivity index (χ0v) is 16.9. The first-order valence-electron chi connectivity index (χ1n) is 9.93. The molecule has 1 aliphatic heterocycles. The standard InChI is InChI=1S/C24H20F3N3O/c1-15-10-17(8-9-28-15)23-22-14-29-20(11-18(22)13-30-23)12-21(31)7-4-16-2-5-19(6-3-16)24(25,26)27/h2-3,5-6,8-11,14H,4,7,12-13H2,1H3. The summed E-state index contributed by atoms with van der Waals surface area (Å²) in [6.07, 6.45) is 0.00145. The molecule has 0 aliphatic carbocycles. The lowest BCUT2D eigenvalue weighted by molar-refractivity contribution is -0.137. The molecule has 0 fully saturated rings. The molecule has 2 aromatic heterocycles. The smallest absolute Gasteiger partial charge is 0.299 e. The van der Waals surface area contributed by atoms with Gasteiger partial charge in [0.05, 0.1) is 17.8 Å². The Bertz CT molecular complexity index is 1150. The lowest BCUT2D eigenvalue weighted by Crippen LogP contribution is -2.08. The van der Waals surface area contributed by atoms with E-state index in [1.54, 1.807) is 12.4 Å². The van der Waals surface area contributed by atoms with Crippen molar-refractivity contribution in [1.82, 2.24) is 9.97 Å². The molecule has 3 aromatic rings. The number of pyridine rings is 2. The van der Waals surface area contributed by atoms with Gasteiger partial charge in [0, 0.05) is 47.8 Å². The Kier molecular flexibility index (Phi) is 5.67. The molecule has 1 aromatic carbocycles. The fourth-order valence-electron chi connectivity index (χ4n) is 3.61. The number of hydrogen-bond donors (Lipinski definition) is 0. The zero-order valence-electron chi connectivity index (χ0n) is 16.9. The number of nitrogens with zero attached hydrogens (tertiary/aromatic N) is 3. The Hall–Kier alpha value is -3.35. The topological polar surface area (TPSA) is 55.2 Å². The van der Waals surface area contributed by atoms with E-state index in [1.165, 1.54) is 12.1 Å². The second-order valence-electron chi connectivity index (χ2n) is 7.59. The molecule has 0 radical (unpaired) electrons. The number of benzene rings is 1. The van der Waals surface area contributed by atoms with Crippen molar-refractivity contribution in [2.75, 3.05) is 0 Å². The van der Waals surface area contributed by atoms with E-state index in [1.807, 2.05) is 25.1 Å². The summed E-state index contributed by atoms with van der Waals surface area (Å²) in [6, 6.07) is 10.7. The molecule has 1 aliphatic rings. The summed E-state index contributed by atoms with van der Waals surface area (Å²) in [4.78, 5) is 25.6. The average Bonchev–Trinajstić information content (AvgIpc) is 3.15. The molecule has 4 nitrogen and oxygen atoms in total. The van der Waals surface area contributed by atoms with Crippen LogP contribution in [0.25, 0.3) is 0 Å². The Morgan fingerprint density at radius 3 is 2.55 bits per heavy atom. The molecule has 7 heteroatoms. The van der Waals surface area contributed by atoms with Gasteiger partial charge in [0.25, 0.3) is 0 Å². The van der Waals surface area contributed by atoms with Gasteiger partial charge >= 0.3 is 6.18 Å². The summed E-state index contributed by atoms with van der Waals surface area (Å²) >= 11 is 0. The lowest BCUT2D eigenvalue weighted by atomic mass is 10.00. The highest BCUT2D eigenvalue weighted by Crippen LogP contribution is 2.29. The van der Waals surface area contributed by atoms with Gasteiger partial charge in [0.2, 0.25) is 0 Å². The minimum Gasteiger partial charge on any atom is -0.299 e. The van der Waals surface area contributed by atoms with Crippen molar-refractivity contribution in [2.24, 2.45) is 4.99 Å². The van der Waals surface area contributed by atoms with Crippen LogP contribution in [0.2, 0.25) is 0 Å². The number of alkyl halides is 3. The second-order valence-corrected chi connectivity index (χ2v) is 7.59. The van der Waals surface area contributed by atoms with Gasteiger partial charge in [-0.2, -0.15) is 13.2 Å². The van der Waals surface area contributed by atoms with Gasteiger partial charge in [-0.3, -0.25) is 19.8 Å². The summed E-state index contributed by atoms with van der Waals surface area (Å²) in [6.45, 7) is 2.47. The minimum absolute atomic E-state index is 0.00348. The number of ketones is 1. The van der Waals surface area contributed by atoms with E-state index < -0.39 is 11.7 Å². The summed E-state index contributed by atoms with van der Waals surface area (Å²) in [5.74, 6) is -0.00348. The molecule has 0 saturated carbocycles. The summed E-state index contributed by atoms with van der Waals surface area (Å²) < 4.78 is 37.9. The van der Waals surface area contributed by atoms with Gasteiger partial charge in [-0.05, 0) is 54.8 Å². The number of carbonyl (C=O) groups is 1. The Morgan fingerprint density at radius 2 is 1.84 bits per heavy atom. The highest BCUT2D eigenvalue weighted by Gasteiger charge is 2.29. The van der Waals surface area contributed by atoms with Crippen LogP contribution in [0, 0.1) is 6.92 Å². The second kappa shape index (κ2) is 8.41. The fourth-order valence-corrected chi connectivity index (χ4v) is 3.61. The van der Waals surface area contributed by atoms with Crippen molar-refractivity contribution >= 4 is 11.5 Å². The van der Waals surface area contributed by atoms with Crippen molar-refractivity contribution in [2.45, 2.75) is 38.9 Å². The molecule has 31 heavy (non-hydrogen) atoms. The van der Waals surface area contributed by atoms with Crippen LogP contribution in [-0.4, -0.2) is 21.5 Å². The summed E-state index contributed by atoms with van der Waals surface area (Å²) in [5, 5.41) is 0. The SMILES string of the molecule is Cc1cc(C2=NCc3cc(CC(=O)CCc4ccc(C(F)(F)F)cc4)ncc32)ccn1. The molecule has 4 rings (SSSR count). The molecular formula is C24H20F3N3O. The number of rotatable bonds is 6. The predicted molar refractivity (Wildman–Crippen MR) is 111 cm³/mol. The Morgan fingerprint density at radius 1 is 1.06 bits per heavy atom. The number of aromatic nitrogens is 2. The van der Waals surface area contributed by atoms with Crippen LogP contribution in [0.4, 0.5) is 13.2 Å². The van der Waals surface area contributed by atoms with Crippen LogP contribution >= 0.6 is 0 Å². The van der Waals surface area contributed by atoms with Crippen LogP contribution in [0.3, 0.4) is 0 Å². The molecule has 0 saturated heterocycles. The van der Waals surface area contributed by atoms with E-state index >= 15 is 0 Å². The first-order chi connectivity index (χ1) is 14.8. The molecule has 0 unspecified atom stereocenters. The first-order valence-corrected chi connectivity index (χ1v) is 9.93. The van der Waals surface area contributed by atoms with Crippen LogP contribution in [0.5, 0.6) is 0 Å². The van der Waals surface area contributed by atoms with Crippen LogP contribution in [0.1, 0.15) is 45.6 Å². The molecular weight excluding hydrogens is 403 g/mol. The van der Waals surface area contributed by atoms with Gasteiger partial charge in [0.1, 0.15) is 5.78 Å². The predicted octanol–water partition coefficient (Wildman–Crippen LogP) is 4.90. The third kappa shape index (κ3) is 4.87. The van der Waals surface area contributed by atoms with E-state index in [0.717, 1.165) is 40.2 Å². The maximum atomic E-state index is 12.6. The van der Waals surface area contributed by atoms with E-state index in [-0.39, 0.29) is 18.6 Å². The highest BCUT2D eigenvalue weighted by molar-refractivity contribution is 6.15. The van der Waals surface area contributed by atoms with Crippen LogP contribution in [-0.2, 0) is 30.4 Å². The summed E-state index contributed by atoms with van der Waals surface area (Å²) in [5.41, 5.74) is 5.48. The maximum absolute atomic E-state index is 12.6. The number of halogens is 3. The van der Waals surface area contributed by atoms with Crippen molar-refractivity contribution in [1.29, 1.82) is 0 Å². The number of hydrogen-bond acceptors (Lipinski definition) is 4. The monoisotopic (exact) mass is 423 g/mol. The van der Waals surface area contributed by atoms with E-state index in [2.05, 4.69) is 15.0 Å². The molecule has 0 amide bonds. The van der Waals surface area contributed by atoms with Crippen molar-refractivity contribution in [3.8, 4) is 0 Å². The van der Waals surface area contributed by atoms with Crippen molar-refractivity contribution in [3.63, 3.8) is 0 Å². The van der Waals surface area contributed by atoms with E-state index in [0.29, 0.717) is 24.2 Å². The quantitative estimate of drug-likeness (QED) is 0.567. The lowest BCUT2D eigenvalue weighted by Gasteiger charge is -2.08. The number of aliphatic imine (C=N–C) groups is 1. The van der Waals surface area contributed by atoms with Crippen LogP contribution in [0.15, 0.2) is 59.9 Å². The first kappa shape index (κ1) is 20.9. The van der Waals surface area contributed by atoms with Gasteiger partial charge in [-0.25, -0.2) is 0 Å². The van der Waals surface area contributed by atoms with Gasteiger partial charge < -0.3 is 0 Å². The molecule has 3 heterocycles. The molecule has 0 N–H and O–H groups in total. The average molecular weight is 423 g/mol. The Balaban J connectivity index is 1.37. The van der Waals surface area contributed by atoms with Gasteiger partial charge in [0.15, 0.2) is 0 Å². The molecule has 0 atom stereocenters. The number of Topliss-reactive ketones (excluding diaryl/α,β-unsaturated/α-hetero) is 1. The number of carbonyl (C=O) groups excluding carboxylic acids is 1.